The fraction of sp³-hybridized carbons (Fsp3) is 0.333. The number of carbonyl (C=O) groups excluding carboxylic acids is 1. The van der Waals surface area contributed by atoms with Crippen molar-refractivity contribution in [2.75, 3.05) is 17.4 Å². The van der Waals surface area contributed by atoms with E-state index in [0.717, 1.165) is 0 Å². The Kier molecular flexibility index (Phi) is 3.40. The summed E-state index contributed by atoms with van der Waals surface area (Å²) in [6, 6.07) is 6.47. The van der Waals surface area contributed by atoms with Crippen LogP contribution in [-0.4, -0.2) is 18.0 Å². The molecule has 116 valence electrons. The zero-order valence-corrected chi connectivity index (χ0v) is 12.6. The fourth-order valence-corrected chi connectivity index (χ4v) is 1.94. The van der Waals surface area contributed by atoms with Gasteiger partial charge < -0.3 is 19.3 Å². The third-order valence-corrected chi connectivity index (χ3v) is 3.12. The molecule has 2 N–H and O–H groups in total. The molecule has 0 bridgehead atoms. The molecule has 0 spiro atoms. The normalized spacial score (nSPS) is 13.0. The summed E-state index contributed by atoms with van der Waals surface area (Å²) in [5.41, 5.74) is 0.432. The summed E-state index contributed by atoms with van der Waals surface area (Å²) in [4.78, 5) is 12.0. The second-order valence-electron chi connectivity index (χ2n) is 5.97. The number of ether oxygens (including phenoxy) is 2. The molecule has 0 saturated heterocycles. The lowest BCUT2D eigenvalue weighted by Crippen LogP contribution is -2.19. The van der Waals surface area contributed by atoms with Crippen molar-refractivity contribution < 1.29 is 18.8 Å². The maximum absolute atomic E-state index is 12.0. The largest absolute Gasteiger partial charge is 0.454 e. The lowest BCUT2D eigenvalue weighted by atomic mass is 9.93. The first kappa shape index (κ1) is 14.2. The highest BCUT2D eigenvalue weighted by Crippen LogP contribution is 2.34. The van der Waals surface area contributed by atoms with E-state index in [2.05, 4.69) is 15.8 Å². The van der Waals surface area contributed by atoms with Crippen molar-refractivity contribution >= 4 is 17.5 Å². The van der Waals surface area contributed by atoms with Gasteiger partial charge in [-0.1, -0.05) is 25.9 Å². The number of hydrogen-bond acceptors (Lipinski definition) is 5. The smallest absolute Gasteiger partial charge is 0.324 e. The molecule has 0 fully saturated rings. The molecule has 1 aliphatic heterocycles. The Morgan fingerprint density at radius 2 is 1.91 bits per heavy atom. The highest BCUT2D eigenvalue weighted by Gasteiger charge is 2.20. The minimum atomic E-state index is -0.410. The van der Waals surface area contributed by atoms with Crippen LogP contribution in [0.25, 0.3) is 0 Å². The van der Waals surface area contributed by atoms with Crippen LogP contribution in [0.5, 0.6) is 11.5 Å². The SMILES string of the molecule is CC(C)(C)c1cc(NC(=O)Nc2ccc3c(c2)OCO3)no1. The maximum Gasteiger partial charge on any atom is 0.324 e. The minimum Gasteiger partial charge on any atom is -0.454 e. The number of nitrogens with zero attached hydrogens (tertiary/aromatic N) is 1. The molecule has 2 heterocycles. The van der Waals surface area contributed by atoms with Gasteiger partial charge in [-0.2, -0.15) is 0 Å². The average Bonchev–Trinajstić information content (AvgIpc) is 3.05. The number of amides is 2. The molecular formula is C15H17N3O4. The van der Waals surface area contributed by atoms with Gasteiger partial charge in [0.05, 0.1) is 0 Å². The van der Waals surface area contributed by atoms with E-state index < -0.39 is 6.03 Å². The fourth-order valence-electron chi connectivity index (χ4n) is 1.94. The van der Waals surface area contributed by atoms with E-state index in [1.807, 2.05) is 20.8 Å². The van der Waals surface area contributed by atoms with Crippen LogP contribution in [0.4, 0.5) is 16.3 Å². The van der Waals surface area contributed by atoms with Gasteiger partial charge in [-0.05, 0) is 12.1 Å². The Morgan fingerprint density at radius 3 is 2.64 bits per heavy atom. The summed E-state index contributed by atoms with van der Waals surface area (Å²) >= 11 is 0. The lowest BCUT2D eigenvalue weighted by Gasteiger charge is -2.12. The molecule has 0 radical (unpaired) electrons. The summed E-state index contributed by atoms with van der Waals surface area (Å²) in [6.07, 6.45) is 0. The summed E-state index contributed by atoms with van der Waals surface area (Å²) in [5, 5.41) is 9.15. The van der Waals surface area contributed by atoms with Crippen molar-refractivity contribution in [2.45, 2.75) is 26.2 Å². The van der Waals surface area contributed by atoms with Crippen molar-refractivity contribution in [2.24, 2.45) is 0 Å². The molecule has 2 amide bonds. The van der Waals surface area contributed by atoms with Crippen LogP contribution in [-0.2, 0) is 5.41 Å². The third kappa shape index (κ3) is 2.98. The van der Waals surface area contributed by atoms with E-state index in [9.17, 15) is 4.79 Å². The topological polar surface area (TPSA) is 85.6 Å². The van der Waals surface area contributed by atoms with Gasteiger partial charge >= 0.3 is 6.03 Å². The van der Waals surface area contributed by atoms with E-state index in [1.165, 1.54) is 0 Å². The van der Waals surface area contributed by atoms with Crippen LogP contribution >= 0.6 is 0 Å². The minimum absolute atomic E-state index is 0.166. The molecule has 7 nitrogen and oxygen atoms in total. The molecular weight excluding hydrogens is 286 g/mol. The van der Waals surface area contributed by atoms with Gasteiger partial charge in [0.15, 0.2) is 17.3 Å². The number of aromatic nitrogens is 1. The molecule has 1 aliphatic rings. The highest BCUT2D eigenvalue weighted by atomic mass is 16.7. The Balaban J connectivity index is 1.64. The van der Waals surface area contributed by atoms with Gasteiger partial charge in [-0.3, -0.25) is 5.32 Å². The summed E-state index contributed by atoms with van der Waals surface area (Å²) in [6.45, 7) is 6.21. The summed E-state index contributed by atoms with van der Waals surface area (Å²) in [5.74, 6) is 2.33. The number of urea groups is 1. The Morgan fingerprint density at radius 1 is 1.14 bits per heavy atom. The Bertz CT molecular complexity index is 703. The molecule has 0 aliphatic carbocycles. The summed E-state index contributed by atoms with van der Waals surface area (Å²) < 4.78 is 15.7. The van der Waals surface area contributed by atoms with Crippen molar-refractivity contribution in [1.29, 1.82) is 0 Å². The van der Waals surface area contributed by atoms with Crippen LogP contribution in [0.1, 0.15) is 26.5 Å². The second kappa shape index (κ2) is 5.25. The quantitative estimate of drug-likeness (QED) is 0.888. The van der Waals surface area contributed by atoms with Crippen LogP contribution in [0, 0.1) is 0 Å². The van der Waals surface area contributed by atoms with Gasteiger partial charge in [0.2, 0.25) is 6.79 Å². The van der Waals surface area contributed by atoms with E-state index in [0.29, 0.717) is 28.8 Å². The summed E-state index contributed by atoms with van der Waals surface area (Å²) in [7, 11) is 0. The van der Waals surface area contributed by atoms with Crippen molar-refractivity contribution in [3.63, 3.8) is 0 Å². The standard InChI is InChI=1S/C15H17N3O4/c1-15(2,3)12-7-13(18-22-12)17-14(19)16-9-4-5-10-11(6-9)21-8-20-10/h4-7H,8H2,1-3H3,(H2,16,17,18,19). The number of fused-ring (bicyclic) bond motifs is 1. The third-order valence-electron chi connectivity index (χ3n) is 3.12. The van der Waals surface area contributed by atoms with Gasteiger partial charge in [0.1, 0.15) is 5.76 Å². The molecule has 3 rings (SSSR count). The van der Waals surface area contributed by atoms with Crippen LogP contribution in [0.2, 0.25) is 0 Å². The molecule has 1 aromatic heterocycles. The van der Waals surface area contributed by atoms with Crippen LogP contribution in [0.3, 0.4) is 0 Å². The van der Waals surface area contributed by atoms with Crippen molar-refractivity contribution in [1.82, 2.24) is 5.16 Å². The van der Waals surface area contributed by atoms with Crippen LogP contribution < -0.4 is 20.1 Å². The molecule has 22 heavy (non-hydrogen) atoms. The molecule has 2 aromatic rings. The van der Waals surface area contributed by atoms with E-state index >= 15 is 0 Å². The Labute approximate surface area is 127 Å². The number of nitrogens with one attached hydrogen (secondary N) is 2. The van der Waals surface area contributed by atoms with Gasteiger partial charge in [0.25, 0.3) is 0 Å². The van der Waals surface area contributed by atoms with Gasteiger partial charge in [-0.15, -0.1) is 0 Å². The first-order chi connectivity index (χ1) is 10.4. The molecule has 0 atom stereocenters. The van der Waals surface area contributed by atoms with Crippen LogP contribution in [0.15, 0.2) is 28.8 Å². The number of hydrogen-bond donors (Lipinski definition) is 2. The lowest BCUT2D eigenvalue weighted by molar-refractivity contribution is 0.174. The molecule has 0 unspecified atom stereocenters. The van der Waals surface area contributed by atoms with E-state index in [1.54, 1.807) is 24.3 Å². The first-order valence-electron chi connectivity index (χ1n) is 6.87. The van der Waals surface area contributed by atoms with Gasteiger partial charge in [0, 0.05) is 23.2 Å². The number of benzene rings is 1. The Hall–Kier alpha value is -2.70. The van der Waals surface area contributed by atoms with E-state index in [-0.39, 0.29) is 12.2 Å². The number of rotatable bonds is 2. The highest BCUT2D eigenvalue weighted by molar-refractivity contribution is 5.99. The van der Waals surface area contributed by atoms with Gasteiger partial charge in [-0.25, -0.2) is 4.79 Å². The molecule has 0 saturated carbocycles. The predicted molar refractivity (Wildman–Crippen MR) is 80.4 cm³/mol. The molecule has 7 heteroatoms. The number of anilines is 2. The maximum atomic E-state index is 12.0. The number of carbonyl (C=O) groups is 1. The van der Waals surface area contributed by atoms with Crippen molar-refractivity contribution in [3.8, 4) is 11.5 Å². The zero-order chi connectivity index (χ0) is 15.7. The average molecular weight is 303 g/mol. The monoisotopic (exact) mass is 303 g/mol. The molecule has 1 aromatic carbocycles. The van der Waals surface area contributed by atoms with E-state index in [4.69, 9.17) is 14.0 Å². The predicted octanol–water partition coefficient (Wildman–Crippen LogP) is 3.34. The first-order valence-corrected chi connectivity index (χ1v) is 6.87. The zero-order valence-electron chi connectivity index (χ0n) is 12.6. The second-order valence-corrected chi connectivity index (χ2v) is 5.97. The van der Waals surface area contributed by atoms with Crippen molar-refractivity contribution in [3.05, 3.63) is 30.0 Å².